The van der Waals surface area contributed by atoms with Crippen LogP contribution in [0.1, 0.15) is 50.1 Å². The van der Waals surface area contributed by atoms with Gasteiger partial charge in [-0.3, -0.25) is 4.79 Å². The van der Waals surface area contributed by atoms with E-state index in [1.165, 1.54) is 25.7 Å². The summed E-state index contributed by atoms with van der Waals surface area (Å²) in [4.78, 5) is 11.4. The highest BCUT2D eigenvalue weighted by Gasteiger charge is 2.31. The van der Waals surface area contributed by atoms with Gasteiger partial charge in [-0.2, -0.15) is 0 Å². The van der Waals surface area contributed by atoms with Gasteiger partial charge in [-0.1, -0.05) is 25.0 Å². The fourth-order valence-corrected chi connectivity index (χ4v) is 3.60. The molecular weight excluding hydrogens is 264 g/mol. The molecule has 21 heavy (non-hydrogen) atoms. The fraction of sp³-hybridized carbons (Fsp3) is 0.588. The van der Waals surface area contributed by atoms with E-state index >= 15 is 0 Å². The van der Waals surface area contributed by atoms with Crippen LogP contribution in [0.4, 0.5) is 5.69 Å². The Hall–Kier alpha value is -1.55. The summed E-state index contributed by atoms with van der Waals surface area (Å²) in [5.41, 5.74) is 2.23. The SMILES string of the molecule is O=C(O)[C@H]1CCCN[C@H]1c1ccc(NC2CCCC2)cc1. The maximum Gasteiger partial charge on any atom is 0.308 e. The van der Waals surface area contributed by atoms with Gasteiger partial charge in [-0.05, 0) is 49.9 Å². The van der Waals surface area contributed by atoms with Gasteiger partial charge in [0.15, 0.2) is 0 Å². The monoisotopic (exact) mass is 288 g/mol. The van der Waals surface area contributed by atoms with Crippen LogP contribution in [0.2, 0.25) is 0 Å². The molecule has 2 atom stereocenters. The van der Waals surface area contributed by atoms with Crippen LogP contribution in [-0.2, 0) is 4.79 Å². The first-order valence-corrected chi connectivity index (χ1v) is 8.07. The Labute approximate surface area is 125 Å². The van der Waals surface area contributed by atoms with E-state index in [-0.39, 0.29) is 12.0 Å². The molecule has 2 fully saturated rings. The lowest BCUT2D eigenvalue weighted by atomic mass is 9.86. The van der Waals surface area contributed by atoms with E-state index in [0.717, 1.165) is 30.6 Å². The van der Waals surface area contributed by atoms with Crippen molar-refractivity contribution in [2.24, 2.45) is 5.92 Å². The molecule has 0 amide bonds. The first-order valence-electron chi connectivity index (χ1n) is 8.07. The first kappa shape index (κ1) is 14.4. The largest absolute Gasteiger partial charge is 0.481 e. The summed E-state index contributed by atoms with van der Waals surface area (Å²) >= 11 is 0. The number of carbonyl (C=O) groups is 1. The Balaban J connectivity index is 1.68. The van der Waals surface area contributed by atoms with E-state index in [4.69, 9.17) is 0 Å². The highest BCUT2D eigenvalue weighted by Crippen LogP contribution is 2.30. The number of rotatable bonds is 4. The highest BCUT2D eigenvalue weighted by atomic mass is 16.4. The van der Waals surface area contributed by atoms with Crippen molar-refractivity contribution in [3.05, 3.63) is 29.8 Å². The lowest BCUT2D eigenvalue weighted by molar-refractivity contribution is -0.143. The van der Waals surface area contributed by atoms with Crippen LogP contribution in [-0.4, -0.2) is 23.7 Å². The standard InChI is InChI=1S/C17H24N2O2/c20-17(21)15-6-3-11-18-16(15)12-7-9-14(10-8-12)19-13-4-1-2-5-13/h7-10,13,15-16,18-19H,1-6,11H2,(H,20,21)/t15-,16-/m0/s1. The quantitative estimate of drug-likeness (QED) is 0.796. The molecule has 114 valence electrons. The van der Waals surface area contributed by atoms with Gasteiger partial charge in [0, 0.05) is 17.8 Å². The molecule has 4 nitrogen and oxygen atoms in total. The van der Waals surface area contributed by atoms with Gasteiger partial charge >= 0.3 is 5.97 Å². The van der Waals surface area contributed by atoms with Crippen molar-refractivity contribution in [3.63, 3.8) is 0 Å². The molecule has 0 aromatic heterocycles. The van der Waals surface area contributed by atoms with E-state index in [2.05, 4.69) is 34.9 Å². The molecule has 1 aromatic carbocycles. The van der Waals surface area contributed by atoms with Crippen LogP contribution in [0.15, 0.2) is 24.3 Å². The maximum absolute atomic E-state index is 11.4. The number of hydrogen-bond donors (Lipinski definition) is 3. The molecular formula is C17H24N2O2. The molecule has 1 saturated heterocycles. The molecule has 2 aliphatic rings. The minimum absolute atomic E-state index is 0.0585. The molecule has 3 N–H and O–H groups in total. The number of carboxylic acid groups (broad SMARTS) is 1. The zero-order chi connectivity index (χ0) is 14.7. The Morgan fingerprint density at radius 3 is 2.48 bits per heavy atom. The van der Waals surface area contributed by atoms with Gasteiger partial charge in [-0.15, -0.1) is 0 Å². The number of nitrogens with one attached hydrogen (secondary N) is 2. The molecule has 1 aliphatic heterocycles. The summed E-state index contributed by atoms with van der Waals surface area (Å²) < 4.78 is 0. The van der Waals surface area contributed by atoms with Crippen molar-refractivity contribution < 1.29 is 9.90 Å². The van der Waals surface area contributed by atoms with E-state index in [1.807, 2.05) is 0 Å². The minimum Gasteiger partial charge on any atom is -0.481 e. The number of hydrogen-bond acceptors (Lipinski definition) is 3. The summed E-state index contributed by atoms with van der Waals surface area (Å²) in [5.74, 6) is -1.01. The second kappa shape index (κ2) is 6.48. The van der Waals surface area contributed by atoms with Crippen molar-refractivity contribution in [1.29, 1.82) is 0 Å². The fourth-order valence-electron chi connectivity index (χ4n) is 3.60. The predicted octanol–water partition coefficient (Wildman–Crippen LogP) is 3.17. The molecule has 1 heterocycles. The van der Waals surface area contributed by atoms with Gasteiger partial charge in [-0.25, -0.2) is 0 Å². The molecule has 1 aromatic rings. The zero-order valence-electron chi connectivity index (χ0n) is 12.3. The van der Waals surface area contributed by atoms with Crippen molar-refractivity contribution in [1.82, 2.24) is 5.32 Å². The third-order valence-corrected chi connectivity index (χ3v) is 4.77. The molecule has 0 radical (unpaired) electrons. The maximum atomic E-state index is 11.4. The molecule has 0 unspecified atom stereocenters. The van der Waals surface area contributed by atoms with Crippen molar-refractivity contribution >= 4 is 11.7 Å². The Bertz CT molecular complexity index is 480. The van der Waals surface area contributed by atoms with Crippen LogP contribution in [0.25, 0.3) is 0 Å². The van der Waals surface area contributed by atoms with Crippen LogP contribution in [0, 0.1) is 5.92 Å². The third kappa shape index (κ3) is 3.38. The molecule has 0 spiro atoms. The molecule has 1 aliphatic carbocycles. The van der Waals surface area contributed by atoms with Gasteiger partial charge in [0.2, 0.25) is 0 Å². The number of anilines is 1. The van der Waals surface area contributed by atoms with Crippen molar-refractivity contribution in [2.45, 2.75) is 50.6 Å². The average molecular weight is 288 g/mol. The lowest BCUT2D eigenvalue weighted by Crippen LogP contribution is -2.38. The van der Waals surface area contributed by atoms with Crippen molar-refractivity contribution in [2.75, 3.05) is 11.9 Å². The van der Waals surface area contributed by atoms with E-state index in [9.17, 15) is 9.90 Å². The number of benzene rings is 1. The van der Waals surface area contributed by atoms with Gasteiger partial charge in [0.25, 0.3) is 0 Å². The van der Waals surface area contributed by atoms with E-state index < -0.39 is 5.97 Å². The normalized spacial score (nSPS) is 26.7. The van der Waals surface area contributed by atoms with Crippen LogP contribution in [0.3, 0.4) is 0 Å². The number of aliphatic carboxylic acids is 1. The summed E-state index contributed by atoms with van der Waals surface area (Å²) in [5, 5.41) is 16.3. The lowest BCUT2D eigenvalue weighted by Gasteiger charge is -2.30. The van der Waals surface area contributed by atoms with E-state index in [0.29, 0.717) is 6.04 Å². The van der Waals surface area contributed by atoms with Gasteiger partial charge in [0.1, 0.15) is 0 Å². The number of carboxylic acids is 1. The third-order valence-electron chi connectivity index (χ3n) is 4.77. The van der Waals surface area contributed by atoms with Crippen LogP contribution >= 0.6 is 0 Å². The Morgan fingerprint density at radius 1 is 1.10 bits per heavy atom. The molecule has 1 saturated carbocycles. The first-order chi connectivity index (χ1) is 10.2. The molecule has 4 heteroatoms. The molecule has 0 bridgehead atoms. The second-order valence-corrected chi connectivity index (χ2v) is 6.27. The second-order valence-electron chi connectivity index (χ2n) is 6.27. The average Bonchev–Trinajstić information content (AvgIpc) is 3.01. The van der Waals surface area contributed by atoms with Crippen LogP contribution < -0.4 is 10.6 Å². The van der Waals surface area contributed by atoms with Crippen molar-refractivity contribution in [3.8, 4) is 0 Å². The summed E-state index contributed by atoms with van der Waals surface area (Å²) in [6.45, 7) is 0.899. The van der Waals surface area contributed by atoms with Gasteiger partial charge < -0.3 is 15.7 Å². The minimum atomic E-state index is -0.694. The zero-order valence-corrected chi connectivity index (χ0v) is 12.3. The Kier molecular flexibility index (Phi) is 4.44. The van der Waals surface area contributed by atoms with Crippen LogP contribution in [0.5, 0.6) is 0 Å². The predicted molar refractivity (Wildman–Crippen MR) is 83.4 cm³/mol. The summed E-state index contributed by atoms with van der Waals surface area (Å²) in [6.07, 6.45) is 6.86. The van der Waals surface area contributed by atoms with E-state index in [1.54, 1.807) is 0 Å². The van der Waals surface area contributed by atoms with Gasteiger partial charge in [0.05, 0.1) is 5.92 Å². The molecule has 3 rings (SSSR count). The Morgan fingerprint density at radius 2 is 1.81 bits per heavy atom. The number of piperidine rings is 1. The topological polar surface area (TPSA) is 61.4 Å². The summed E-state index contributed by atoms with van der Waals surface area (Å²) in [6, 6.07) is 8.85. The summed E-state index contributed by atoms with van der Waals surface area (Å²) in [7, 11) is 0. The smallest absolute Gasteiger partial charge is 0.308 e. The highest BCUT2D eigenvalue weighted by molar-refractivity contribution is 5.71.